The Morgan fingerprint density at radius 2 is 2.19 bits per heavy atom. The molecule has 1 aromatic rings. The van der Waals surface area contributed by atoms with E-state index in [-0.39, 0.29) is 13.0 Å². The van der Waals surface area contributed by atoms with Crippen LogP contribution in [0.1, 0.15) is 25.6 Å². The summed E-state index contributed by atoms with van der Waals surface area (Å²) in [6.45, 7) is 3.52. The molecule has 0 unspecified atom stereocenters. The van der Waals surface area contributed by atoms with Gasteiger partial charge in [-0.15, -0.1) is 0 Å². The van der Waals surface area contributed by atoms with E-state index in [2.05, 4.69) is 15.4 Å². The van der Waals surface area contributed by atoms with E-state index in [1.54, 1.807) is 0 Å². The van der Waals surface area contributed by atoms with Crippen molar-refractivity contribution >= 4 is 0 Å². The summed E-state index contributed by atoms with van der Waals surface area (Å²) in [7, 11) is 0. The van der Waals surface area contributed by atoms with E-state index in [1.165, 1.54) is 11.0 Å². The van der Waals surface area contributed by atoms with Crippen LogP contribution in [0.4, 0.5) is 13.2 Å². The van der Waals surface area contributed by atoms with Crippen LogP contribution in [0.3, 0.4) is 0 Å². The minimum atomic E-state index is -4.09. The van der Waals surface area contributed by atoms with E-state index in [1.807, 2.05) is 6.92 Å². The topological polar surface area (TPSA) is 42.7 Å². The van der Waals surface area contributed by atoms with Crippen molar-refractivity contribution in [2.45, 2.75) is 39.0 Å². The molecular formula is C9H15F3N4. The van der Waals surface area contributed by atoms with Crippen molar-refractivity contribution in [3.8, 4) is 0 Å². The van der Waals surface area contributed by atoms with Gasteiger partial charge in [0.15, 0.2) is 0 Å². The molecule has 4 nitrogen and oxygen atoms in total. The molecule has 1 heterocycles. The third-order valence-corrected chi connectivity index (χ3v) is 2.06. The molecule has 16 heavy (non-hydrogen) atoms. The van der Waals surface area contributed by atoms with E-state index in [0.717, 1.165) is 6.54 Å². The van der Waals surface area contributed by atoms with Gasteiger partial charge in [0.05, 0.1) is 6.54 Å². The highest BCUT2D eigenvalue weighted by Crippen LogP contribution is 2.21. The van der Waals surface area contributed by atoms with Crippen molar-refractivity contribution in [2.75, 3.05) is 6.54 Å². The Balaban J connectivity index is 2.38. The number of aromatic nitrogens is 3. The molecule has 1 rings (SSSR count). The van der Waals surface area contributed by atoms with Crippen LogP contribution in [0, 0.1) is 0 Å². The van der Waals surface area contributed by atoms with Crippen molar-refractivity contribution in [1.29, 1.82) is 0 Å². The molecule has 0 saturated carbocycles. The molecule has 0 fully saturated rings. The maximum absolute atomic E-state index is 11.9. The monoisotopic (exact) mass is 236 g/mol. The summed E-state index contributed by atoms with van der Waals surface area (Å²) in [6.07, 6.45) is -3.48. The molecular weight excluding hydrogens is 221 g/mol. The highest BCUT2D eigenvalue weighted by molar-refractivity contribution is 4.83. The predicted octanol–water partition coefficient (Wildman–Crippen LogP) is 1.73. The third-order valence-electron chi connectivity index (χ3n) is 2.06. The first-order valence-electron chi connectivity index (χ1n) is 5.17. The maximum Gasteiger partial charge on any atom is 0.389 e. The summed E-state index contributed by atoms with van der Waals surface area (Å²) >= 11 is 0. The quantitative estimate of drug-likeness (QED) is 0.818. The summed E-state index contributed by atoms with van der Waals surface area (Å²) in [5, 5.41) is 6.94. The van der Waals surface area contributed by atoms with Gasteiger partial charge in [-0.2, -0.15) is 18.3 Å². The molecule has 1 aromatic heterocycles. The normalized spacial score (nSPS) is 12.0. The first kappa shape index (κ1) is 13.0. The van der Waals surface area contributed by atoms with E-state index in [9.17, 15) is 13.2 Å². The Kier molecular flexibility index (Phi) is 4.72. The lowest BCUT2D eigenvalue weighted by molar-refractivity contribution is -0.136. The molecule has 7 heteroatoms. The summed E-state index contributed by atoms with van der Waals surface area (Å²) in [5.41, 5.74) is 0. The van der Waals surface area contributed by atoms with E-state index >= 15 is 0 Å². The van der Waals surface area contributed by atoms with Crippen molar-refractivity contribution in [3.63, 3.8) is 0 Å². The van der Waals surface area contributed by atoms with Gasteiger partial charge in [-0.05, 0) is 13.0 Å². The SMILES string of the molecule is CCNCc1ncnn1CCCC(F)(F)F. The van der Waals surface area contributed by atoms with Gasteiger partial charge < -0.3 is 5.32 Å². The zero-order valence-electron chi connectivity index (χ0n) is 9.09. The largest absolute Gasteiger partial charge is 0.389 e. The van der Waals surface area contributed by atoms with Gasteiger partial charge in [-0.25, -0.2) is 9.67 Å². The zero-order valence-corrected chi connectivity index (χ0v) is 9.09. The maximum atomic E-state index is 11.9. The Morgan fingerprint density at radius 3 is 2.81 bits per heavy atom. The van der Waals surface area contributed by atoms with Gasteiger partial charge in [0.25, 0.3) is 0 Å². The van der Waals surface area contributed by atoms with Crippen LogP contribution in [0.5, 0.6) is 0 Å². The van der Waals surface area contributed by atoms with Gasteiger partial charge in [-0.1, -0.05) is 6.92 Å². The van der Waals surface area contributed by atoms with Crippen molar-refractivity contribution in [2.24, 2.45) is 0 Å². The number of hydrogen-bond acceptors (Lipinski definition) is 3. The number of hydrogen-bond donors (Lipinski definition) is 1. The van der Waals surface area contributed by atoms with Crippen LogP contribution in [-0.4, -0.2) is 27.5 Å². The summed E-state index contributed by atoms with van der Waals surface area (Å²) < 4.78 is 37.3. The molecule has 92 valence electrons. The van der Waals surface area contributed by atoms with Crippen LogP contribution in [0.25, 0.3) is 0 Å². The fourth-order valence-electron chi connectivity index (χ4n) is 1.28. The molecule has 0 aliphatic carbocycles. The van der Waals surface area contributed by atoms with Crippen LogP contribution >= 0.6 is 0 Å². The number of alkyl halides is 3. The Bertz CT molecular complexity index is 308. The Hall–Kier alpha value is -1.11. The molecule has 0 amide bonds. The summed E-state index contributed by atoms with van der Waals surface area (Å²) in [5.74, 6) is 0.670. The molecule has 0 spiro atoms. The molecule has 0 atom stereocenters. The zero-order chi connectivity index (χ0) is 12.0. The van der Waals surface area contributed by atoms with Crippen LogP contribution in [0.15, 0.2) is 6.33 Å². The lowest BCUT2D eigenvalue weighted by Crippen LogP contribution is -2.18. The van der Waals surface area contributed by atoms with E-state index < -0.39 is 12.6 Å². The fraction of sp³-hybridized carbons (Fsp3) is 0.778. The standard InChI is InChI=1S/C9H15F3N4/c1-2-13-6-8-14-7-15-16(8)5-3-4-9(10,11)12/h7,13H,2-6H2,1H3. The summed E-state index contributed by atoms with van der Waals surface area (Å²) in [6, 6.07) is 0. The molecule has 0 aliphatic rings. The van der Waals surface area contributed by atoms with Gasteiger partial charge in [0.2, 0.25) is 0 Å². The number of rotatable bonds is 6. The average molecular weight is 236 g/mol. The second kappa shape index (κ2) is 5.83. The third kappa shape index (κ3) is 4.61. The average Bonchev–Trinajstić information content (AvgIpc) is 2.60. The molecule has 1 N–H and O–H groups in total. The molecule has 0 aliphatic heterocycles. The van der Waals surface area contributed by atoms with Crippen molar-refractivity contribution in [3.05, 3.63) is 12.2 Å². The van der Waals surface area contributed by atoms with Crippen molar-refractivity contribution < 1.29 is 13.2 Å². The number of halogens is 3. The number of aryl methyl sites for hydroxylation is 1. The van der Waals surface area contributed by atoms with E-state index in [0.29, 0.717) is 12.4 Å². The molecule has 0 bridgehead atoms. The van der Waals surface area contributed by atoms with Crippen LogP contribution in [-0.2, 0) is 13.1 Å². The first-order valence-corrected chi connectivity index (χ1v) is 5.17. The van der Waals surface area contributed by atoms with Gasteiger partial charge in [-0.3, -0.25) is 0 Å². The van der Waals surface area contributed by atoms with Crippen molar-refractivity contribution in [1.82, 2.24) is 20.1 Å². The molecule has 0 radical (unpaired) electrons. The predicted molar refractivity (Wildman–Crippen MR) is 52.7 cm³/mol. The minimum Gasteiger partial charge on any atom is -0.310 e. The summed E-state index contributed by atoms with van der Waals surface area (Å²) in [4.78, 5) is 3.98. The lowest BCUT2D eigenvalue weighted by atomic mass is 10.3. The second-order valence-electron chi connectivity index (χ2n) is 3.40. The number of nitrogens with zero attached hydrogens (tertiary/aromatic N) is 3. The highest BCUT2D eigenvalue weighted by Gasteiger charge is 2.26. The minimum absolute atomic E-state index is 0.0337. The van der Waals surface area contributed by atoms with Crippen LogP contribution < -0.4 is 5.32 Å². The van der Waals surface area contributed by atoms with Crippen LogP contribution in [0.2, 0.25) is 0 Å². The van der Waals surface area contributed by atoms with Gasteiger partial charge in [0, 0.05) is 13.0 Å². The van der Waals surface area contributed by atoms with Gasteiger partial charge in [0.1, 0.15) is 12.2 Å². The highest BCUT2D eigenvalue weighted by atomic mass is 19.4. The van der Waals surface area contributed by atoms with E-state index in [4.69, 9.17) is 0 Å². The second-order valence-corrected chi connectivity index (χ2v) is 3.40. The smallest absolute Gasteiger partial charge is 0.310 e. The molecule has 0 aromatic carbocycles. The Labute approximate surface area is 91.9 Å². The van der Waals surface area contributed by atoms with Gasteiger partial charge >= 0.3 is 6.18 Å². The lowest BCUT2D eigenvalue weighted by Gasteiger charge is -2.08. The first-order chi connectivity index (χ1) is 7.53. The molecule has 0 saturated heterocycles. The Morgan fingerprint density at radius 1 is 1.44 bits per heavy atom. The number of nitrogens with one attached hydrogen (secondary N) is 1. The fourth-order valence-corrected chi connectivity index (χ4v) is 1.28.